The Bertz CT molecular complexity index is 332. The van der Waals surface area contributed by atoms with Crippen molar-refractivity contribution in [2.45, 2.75) is 19.4 Å². The van der Waals surface area contributed by atoms with Gasteiger partial charge in [0.05, 0.1) is 6.42 Å². The van der Waals surface area contributed by atoms with Crippen LogP contribution >= 0.6 is 21.9 Å². The molecule has 4 nitrogen and oxygen atoms in total. The number of Topliss-reactive ketones (excluding diaryl/α,β-unsaturated/α-hetero) is 1. The van der Waals surface area contributed by atoms with Gasteiger partial charge in [-0.3, -0.25) is 14.4 Å². The number of carbonyl (C=O) groups is 3. The van der Waals surface area contributed by atoms with Crippen LogP contribution in [0.1, 0.15) is 13.3 Å². The molecule has 0 aliphatic carbocycles. The summed E-state index contributed by atoms with van der Waals surface area (Å²) in [4.78, 5) is 33.2. The molecule has 0 aromatic rings. The van der Waals surface area contributed by atoms with E-state index in [0.717, 1.165) is 0 Å². The first-order valence-electron chi connectivity index (χ1n) is 4.16. The van der Waals surface area contributed by atoms with E-state index in [4.69, 9.17) is 0 Å². The average Bonchev–Trinajstić information content (AvgIpc) is 2.21. The lowest BCUT2D eigenvalue weighted by molar-refractivity contribution is -0.138. The zero-order valence-corrected chi connectivity index (χ0v) is 10.3. The Morgan fingerprint density at radius 2 is 2.07 bits per heavy atom. The number of hydrogen-bond acceptors (Lipinski definition) is 4. The number of thiol groups is 1. The van der Waals surface area contributed by atoms with Gasteiger partial charge in [-0.05, 0) is 6.92 Å². The van der Waals surface area contributed by atoms with Crippen LogP contribution in [0.4, 0.5) is 0 Å². The molecule has 1 amide bonds. The molecular formula is C9H12NO3PS. The largest absolute Gasteiger partial charge is 0.338 e. The minimum Gasteiger partial charge on any atom is -0.338 e. The van der Waals surface area contributed by atoms with Crippen molar-refractivity contribution in [3.63, 3.8) is 0 Å². The normalized spacial score (nSPS) is 10.9. The molecule has 0 radical (unpaired) electrons. The van der Waals surface area contributed by atoms with Gasteiger partial charge in [-0.1, -0.05) is 15.2 Å². The smallest absolute Gasteiger partial charge is 0.289 e. The maximum absolute atomic E-state index is 11.2. The second-order valence-corrected chi connectivity index (χ2v) is 3.57. The third-order valence-corrected chi connectivity index (χ3v) is 2.28. The standard InChI is InChI=1S/C9H12NO3PS/c1-2-3-4-7(11)8(12)10-6(5-15)9(13)14/h6,15H,4-5,14H2,1H3,(H,10,12). The molecule has 0 fully saturated rings. The van der Waals surface area contributed by atoms with Gasteiger partial charge in [-0.25, -0.2) is 0 Å². The van der Waals surface area contributed by atoms with E-state index in [2.05, 4.69) is 29.8 Å². The zero-order valence-electron chi connectivity index (χ0n) is 8.24. The monoisotopic (exact) mass is 245 g/mol. The molecule has 0 bridgehead atoms. The van der Waals surface area contributed by atoms with Gasteiger partial charge in [0.15, 0.2) is 5.52 Å². The molecule has 0 rings (SSSR count). The van der Waals surface area contributed by atoms with Crippen LogP contribution in [0.25, 0.3) is 0 Å². The number of amides is 1. The number of hydrogen-bond donors (Lipinski definition) is 2. The second kappa shape index (κ2) is 7.44. The van der Waals surface area contributed by atoms with Crippen LogP contribution in [0.15, 0.2) is 0 Å². The first kappa shape index (κ1) is 14.2. The van der Waals surface area contributed by atoms with Crippen LogP contribution in [-0.4, -0.2) is 29.0 Å². The van der Waals surface area contributed by atoms with E-state index >= 15 is 0 Å². The molecule has 0 heterocycles. The summed E-state index contributed by atoms with van der Waals surface area (Å²) in [5, 5.41) is 2.27. The van der Waals surface area contributed by atoms with Crippen molar-refractivity contribution < 1.29 is 14.4 Å². The minimum absolute atomic E-state index is 0.132. The van der Waals surface area contributed by atoms with Gasteiger partial charge in [0, 0.05) is 5.75 Å². The van der Waals surface area contributed by atoms with Gasteiger partial charge < -0.3 is 5.32 Å². The van der Waals surface area contributed by atoms with Crippen LogP contribution in [0, 0.1) is 11.8 Å². The second-order valence-electron chi connectivity index (χ2n) is 2.64. The minimum atomic E-state index is -0.799. The van der Waals surface area contributed by atoms with Crippen molar-refractivity contribution >= 4 is 39.1 Å². The van der Waals surface area contributed by atoms with Crippen molar-refractivity contribution in [1.29, 1.82) is 0 Å². The van der Waals surface area contributed by atoms with Crippen molar-refractivity contribution in [1.82, 2.24) is 5.32 Å². The van der Waals surface area contributed by atoms with Gasteiger partial charge >= 0.3 is 0 Å². The molecule has 2 atom stereocenters. The summed E-state index contributed by atoms with van der Waals surface area (Å²) in [6, 6.07) is -0.746. The molecule has 2 unspecified atom stereocenters. The van der Waals surface area contributed by atoms with Crippen LogP contribution in [-0.2, 0) is 14.4 Å². The Labute approximate surface area is 96.2 Å². The Kier molecular flexibility index (Phi) is 7.02. The molecule has 0 spiro atoms. The van der Waals surface area contributed by atoms with Crippen LogP contribution in [0.5, 0.6) is 0 Å². The zero-order chi connectivity index (χ0) is 11.8. The highest BCUT2D eigenvalue weighted by molar-refractivity contribution is 7.80. The summed E-state index contributed by atoms with van der Waals surface area (Å²) in [6.45, 7) is 1.58. The molecule has 0 saturated carbocycles. The summed E-state index contributed by atoms with van der Waals surface area (Å²) in [7, 11) is 1.93. The number of nitrogens with one attached hydrogen (secondary N) is 1. The summed E-state index contributed by atoms with van der Waals surface area (Å²) in [6.07, 6.45) is -0.132. The topological polar surface area (TPSA) is 63.2 Å². The van der Waals surface area contributed by atoms with Crippen LogP contribution < -0.4 is 5.32 Å². The number of rotatable bonds is 5. The fourth-order valence-electron chi connectivity index (χ4n) is 0.694. The van der Waals surface area contributed by atoms with Gasteiger partial charge in [-0.2, -0.15) is 12.6 Å². The first-order chi connectivity index (χ1) is 7.02. The third-order valence-electron chi connectivity index (χ3n) is 1.51. The highest BCUT2D eigenvalue weighted by Gasteiger charge is 2.19. The SMILES string of the molecule is CC#CCC(=O)C(=O)NC(CS)C(=O)P. The highest BCUT2D eigenvalue weighted by atomic mass is 32.1. The maximum Gasteiger partial charge on any atom is 0.289 e. The van der Waals surface area contributed by atoms with Gasteiger partial charge in [-0.15, -0.1) is 5.92 Å². The molecule has 0 aliphatic heterocycles. The molecule has 0 aromatic heterocycles. The molecular weight excluding hydrogens is 233 g/mol. The van der Waals surface area contributed by atoms with Crippen molar-refractivity contribution in [2.75, 3.05) is 5.75 Å². The predicted octanol–water partition coefficient (Wildman–Crippen LogP) is -0.215. The average molecular weight is 245 g/mol. The molecule has 15 heavy (non-hydrogen) atoms. The summed E-state index contributed by atoms with van der Waals surface area (Å²) in [5.41, 5.74) is -0.312. The van der Waals surface area contributed by atoms with E-state index in [0.29, 0.717) is 0 Å². The summed E-state index contributed by atoms with van der Waals surface area (Å²) < 4.78 is 0. The van der Waals surface area contributed by atoms with Crippen molar-refractivity contribution in [2.24, 2.45) is 0 Å². The highest BCUT2D eigenvalue weighted by Crippen LogP contribution is 1.97. The van der Waals surface area contributed by atoms with E-state index in [1.807, 2.05) is 9.24 Å². The van der Waals surface area contributed by atoms with E-state index in [-0.39, 0.29) is 17.7 Å². The molecule has 6 heteroatoms. The Morgan fingerprint density at radius 3 is 2.47 bits per heavy atom. The van der Waals surface area contributed by atoms with Gasteiger partial charge in [0.1, 0.15) is 6.04 Å². The quantitative estimate of drug-likeness (QED) is 0.305. The van der Waals surface area contributed by atoms with E-state index in [1.54, 1.807) is 6.92 Å². The van der Waals surface area contributed by atoms with Gasteiger partial charge in [0.25, 0.3) is 5.91 Å². The maximum atomic E-state index is 11.2. The van der Waals surface area contributed by atoms with E-state index < -0.39 is 17.7 Å². The predicted molar refractivity (Wildman–Crippen MR) is 63.6 cm³/mol. The molecule has 0 aromatic carbocycles. The lowest BCUT2D eigenvalue weighted by Gasteiger charge is -2.11. The molecule has 82 valence electrons. The molecule has 0 saturated heterocycles. The fourth-order valence-corrected chi connectivity index (χ4v) is 1.37. The van der Waals surface area contributed by atoms with Crippen molar-refractivity contribution in [3.8, 4) is 11.8 Å². The lowest BCUT2D eigenvalue weighted by Crippen LogP contribution is -2.43. The van der Waals surface area contributed by atoms with E-state index in [1.165, 1.54) is 0 Å². The Morgan fingerprint density at radius 1 is 1.47 bits per heavy atom. The Balaban J connectivity index is 4.26. The third kappa shape index (κ3) is 5.56. The summed E-state index contributed by atoms with van der Waals surface area (Å²) in [5.74, 6) is 3.69. The van der Waals surface area contributed by atoms with Crippen molar-refractivity contribution in [3.05, 3.63) is 0 Å². The van der Waals surface area contributed by atoms with Gasteiger partial charge in [0.2, 0.25) is 5.78 Å². The molecule has 1 N–H and O–H groups in total. The fraction of sp³-hybridized carbons (Fsp3) is 0.444. The van der Waals surface area contributed by atoms with Crippen LogP contribution in [0.2, 0.25) is 0 Å². The summed E-state index contributed by atoms with van der Waals surface area (Å²) >= 11 is 3.88. The number of carbonyl (C=O) groups excluding carboxylic acids is 3. The Hall–Kier alpha value is -0.850. The van der Waals surface area contributed by atoms with E-state index in [9.17, 15) is 14.4 Å². The van der Waals surface area contributed by atoms with Crippen LogP contribution in [0.3, 0.4) is 0 Å². The molecule has 0 aliphatic rings. The first-order valence-corrected chi connectivity index (χ1v) is 5.37. The number of ketones is 1. The lowest BCUT2D eigenvalue weighted by atomic mass is 10.2.